The SMILES string of the molecule is CCN(CC)S(=O)(=O)c1ccc(C(=O)N(/N=C/c2ccc([N+](=O)[O-])o2)c2nc3ccc(C)cc3s2)cc1. The third-order valence-electron chi connectivity index (χ3n) is 5.44. The third kappa shape index (κ3) is 5.43. The maximum absolute atomic E-state index is 13.5. The van der Waals surface area contributed by atoms with Crippen molar-refractivity contribution in [1.82, 2.24) is 9.29 Å². The minimum atomic E-state index is -3.69. The molecule has 0 atom stereocenters. The van der Waals surface area contributed by atoms with Crippen molar-refractivity contribution in [1.29, 1.82) is 0 Å². The van der Waals surface area contributed by atoms with Crippen LogP contribution in [0, 0.1) is 17.0 Å². The van der Waals surface area contributed by atoms with Crippen LogP contribution in [0.3, 0.4) is 0 Å². The summed E-state index contributed by atoms with van der Waals surface area (Å²) < 4.78 is 32.9. The van der Waals surface area contributed by atoms with Crippen LogP contribution in [0.1, 0.15) is 35.5 Å². The monoisotopic (exact) mass is 541 g/mol. The van der Waals surface area contributed by atoms with E-state index >= 15 is 0 Å². The molecule has 4 aromatic rings. The van der Waals surface area contributed by atoms with Crippen LogP contribution in [-0.2, 0) is 10.0 Å². The maximum atomic E-state index is 13.5. The number of carbonyl (C=O) groups is 1. The molecule has 0 spiro atoms. The second kappa shape index (κ2) is 10.6. The summed E-state index contributed by atoms with van der Waals surface area (Å²) in [6.07, 6.45) is 1.18. The molecule has 0 aliphatic rings. The van der Waals surface area contributed by atoms with Crippen LogP contribution < -0.4 is 5.01 Å². The molecule has 11 nitrogen and oxygen atoms in total. The fourth-order valence-corrected chi connectivity index (χ4v) is 6.01. The predicted octanol–water partition coefficient (Wildman–Crippen LogP) is 4.82. The van der Waals surface area contributed by atoms with E-state index in [0.29, 0.717) is 18.6 Å². The summed E-state index contributed by atoms with van der Waals surface area (Å²) in [5, 5.41) is 16.5. The van der Waals surface area contributed by atoms with Gasteiger partial charge < -0.3 is 4.42 Å². The number of nitro groups is 1. The van der Waals surface area contributed by atoms with Crippen molar-refractivity contribution in [2.75, 3.05) is 18.1 Å². The van der Waals surface area contributed by atoms with Gasteiger partial charge >= 0.3 is 5.88 Å². The zero-order chi connectivity index (χ0) is 26.7. The van der Waals surface area contributed by atoms with Gasteiger partial charge in [0.25, 0.3) is 5.91 Å². The first-order valence-electron chi connectivity index (χ1n) is 11.2. The average Bonchev–Trinajstić information content (AvgIpc) is 3.52. The lowest BCUT2D eigenvalue weighted by atomic mass is 10.2. The highest BCUT2D eigenvalue weighted by molar-refractivity contribution is 7.89. The molecule has 0 aliphatic heterocycles. The van der Waals surface area contributed by atoms with E-state index in [1.165, 1.54) is 58.3 Å². The van der Waals surface area contributed by atoms with E-state index < -0.39 is 26.7 Å². The number of aryl methyl sites for hydroxylation is 1. The van der Waals surface area contributed by atoms with Crippen LogP contribution in [0.15, 0.2) is 69.0 Å². The van der Waals surface area contributed by atoms with Crippen molar-refractivity contribution in [2.24, 2.45) is 5.10 Å². The number of fused-ring (bicyclic) bond motifs is 1. The fourth-order valence-electron chi connectivity index (χ4n) is 3.53. The molecule has 4 rings (SSSR count). The lowest BCUT2D eigenvalue weighted by Gasteiger charge is -2.19. The Morgan fingerprint density at radius 1 is 1.14 bits per heavy atom. The number of hydrogen-bond donors (Lipinski definition) is 0. The number of carbonyl (C=O) groups excluding carboxylic acids is 1. The van der Waals surface area contributed by atoms with Crippen molar-refractivity contribution in [3.8, 4) is 0 Å². The summed E-state index contributed by atoms with van der Waals surface area (Å²) in [6.45, 7) is 6.09. The van der Waals surface area contributed by atoms with Gasteiger partial charge in [0, 0.05) is 18.7 Å². The second-order valence-electron chi connectivity index (χ2n) is 7.88. The minimum Gasteiger partial charge on any atom is -0.400 e. The number of anilines is 1. The van der Waals surface area contributed by atoms with E-state index in [1.807, 2.05) is 25.1 Å². The summed E-state index contributed by atoms with van der Waals surface area (Å²) in [5.41, 5.74) is 1.88. The van der Waals surface area contributed by atoms with Gasteiger partial charge in [-0.15, -0.1) is 0 Å². The van der Waals surface area contributed by atoms with Crippen molar-refractivity contribution < 1.29 is 22.6 Å². The summed E-state index contributed by atoms with van der Waals surface area (Å²) >= 11 is 1.24. The van der Waals surface area contributed by atoms with Crippen molar-refractivity contribution in [2.45, 2.75) is 25.7 Å². The lowest BCUT2D eigenvalue weighted by Crippen LogP contribution is -2.30. The standard InChI is InChI=1S/C24H23N5O6S2/c1-4-27(5-2)37(33,34)19-10-7-17(8-11-19)23(30)28(25-15-18-9-13-22(35-18)29(31)32)24-26-20-12-6-16(3)14-21(20)36-24/h6-15H,4-5H2,1-3H3/b25-15+. The molecular weight excluding hydrogens is 518 g/mol. The first-order chi connectivity index (χ1) is 17.6. The number of hydrazone groups is 1. The highest BCUT2D eigenvalue weighted by atomic mass is 32.2. The van der Waals surface area contributed by atoms with Gasteiger partial charge in [0.05, 0.1) is 27.4 Å². The van der Waals surface area contributed by atoms with E-state index in [4.69, 9.17) is 4.42 Å². The van der Waals surface area contributed by atoms with Crippen LogP contribution in [0.25, 0.3) is 10.2 Å². The van der Waals surface area contributed by atoms with Crippen LogP contribution in [0.4, 0.5) is 11.0 Å². The van der Waals surface area contributed by atoms with Crippen LogP contribution in [-0.4, -0.2) is 47.8 Å². The van der Waals surface area contributed by atoms with Crippen molar-refractivity contribution in [3.05, 3.63) is 81.6 Å². The normalized spacial score (nSPS) is 12.0. The number of rotatable bonds is 9. The Balaban J connectivity index is 1.71. The molecule has 2 aromatic heterocycles. The Hall–Kier alpha value is -3.94. The molecule has 1 amide bonds. The molecule has 37 heavy (non-hydrogen) atoms. The summed E-state index contributed by atoms with van der Waals surface area (Å²) in [5.74, 6) is -0.957. The van der Waals surface area contributed by atoms with E-state index in [2.05, 4.69) is 10.1 Å². The third-order valence-corrected chi connectivity index (χ3v) is 8.50. The van der Waals surface area contributed by atoms with Crippen LogP contribution in [0.5, 0.6) is 0 Å². The Bertz CT molecular complexity index is 1590. The number of hydrogen-bond acceptors (Lipinski definition) is 9. The molecular formula is C24H23N5O6S2. The molecule has 0 fully saturated rings. The van der Waals surface area contributed by atoms with Gasteiger partial charge in [-0.1, -0.05) is 31.3 Å². The predicted molar refractivity (Wildman–Crippen MR) is 141 cm³/mol. The zero-order valence-corrected chi connectivity index (χ0v) is 21.8. The molecule has 2 aromatic carbocycles. The van der Waals surface area contributed by atoms with Gasteiger partial charge in [-0.05, 0) is 55.0 Å². The smallest absolute Gasteiger partial charge is 0.400 e. The van der Waals surface area contributed by atoms with Crippen LogP contribution >= 0.6 is 11.3 Å². The number of furan rings is 1. The molecule has 0 saturated heterocycles. The largest absolute Gasteiger partial charge is 0.433 e. The lowest BCUT2D eigenvalue weighted by molar-refractivity contribution is -0.402. The first kappa shape index (κ1) is 26.1. The Labute approximate surface area is 216 Å². The maximum Gasteiger partial charge on any atom is 0.433 e. The average molecular weight is 542 g/mol. The van der Waals surface area contributed by atoms with Gasteiger partial charge in [0.15, 0.2) is 5.76 Å². The first-order valence-corrected chi connectivity index (χ1v) is 13.5. The number of nitrogens with zero attached hydrogens (tertiary/aromatic N) is 5. The summed E-state index contributed by atoms with van der Waals surface area (Å²) in [4.78, 5) is 28.3. The highest BCUT2D eigenvalue weighted by Gasteiger charge is 2.25. The molecule has 0 radical (unpaired) electrons. The summed E-state index contributed by atoms with van der Waals surface area (Å²) in [7, 11) is -3.69. The Morgan fingerprint density at radius 3 is 2.46 bits per heavy atom. The highest BCUT2D eigenvalue weighted by Crippen LogP contribution is 2.31. The number of benzene rings is 2. The number of amides is 1. The quantitative estimate of drug-likeness (QED) is 0.168. The number of thiazole rings is 1. The fraction of sp³-hybridized carbons (Fsp3) is 0.208. The molecule has 0 bridgehead atoms. The topological polar surface area (TPSA) is 139 Å². The zero-order valence-electron chi connectivity index (χ0n) is 20.2. The summed E-state index contributed by atoms with van der Waals surface area (Å²) in [6, 6.07) is 13.8. The van der Waals surface area contributed by atoms with Crippen molar-refractivity contribution >= 4 is 54.7 Å². The van der Waals surface area contributed by atoms with Gasteiger partial charge in [-0.3, -0.25) is 14.9 Å². The molecule has 0 N–H and O–H groups in total. The molecule has 13 heteroatoms. The Kier molecular flexibility index (Phi) is 7.47. The molecule has 0 saturated carbocycles. The van der Waals surface area contributed by atoms with Crippen LogP contribution in [0.2, 0.25) is 0 Å². The van der Waals surface area contributed by atoms with E-state index in [-0.39, 0.29) is 21.4 Å². The molecule has 0 aliphatic carbocycles. The van der Waals surface area contributed by atoms with E-state index in [9.17, 15) is 23.3 Å². The molecule has 2 heterocycles. The van der Waals surface area contributed by atoms with Crippen molar-refractivity contribution in [3.63, 3.8) is 0 Å². The van der Waals surface area contributed by atoms with Gasteiger partial charge in [0.2, 0.25) is 15.2 Å². The number of sulfonamides is 1. The Morgan fingerprint density at radius 2 is 1.84 bits per heavy atom. The van der Waals surface area contributed by atoms with Gasteiger partial charge in [-0.2, -0.15) is 14.4 Å². The number of aromatic nitrogens is 1. The van der Waals surface area contributed by atoms with E-state index in [1.54, 1.807) is 13.8 Å². The minimum absolute atomic E-state index is 0.0705. The second-order valence-corrected chi connectivity index (χ2v) is 10.8. The molecule has 0 unspecified atom stereocenters. The molecule has 192 valence electrons. The van der Waals surface area contributed by atoms with Gasteiger partial charge in [-0.25, -0.2) is 13.4 Å². The van der Waals surface area contributed by atoms with Gasteiger partial charge in [0.1, 0.15) is 4.92 Å². The van der Waals surface area contributed by atoms with E-state index in [0.717, 1.165) is 15.3 Å².